The van der Waals surface area contributed by atoms with Crippen LogP contribution in [-0.2, 0) is 13.1 Å². The second-order valence-corrected chi connectivity index (χ2v) is 7.21. The van der Waals surface area contributed by atoms with Gasteiger partial charge in [0.15, 0.2) is 5.69 Å². The molecule has 1 N–H and O–H groups in total. The fourth-order valence-electron chi connectivity index (χ4n) is 2.77. The molecule has 26 heavy (non-hydrogen) atoms. The van der Waals surface area contributed by atoms with Crippen molar-refractivity contribution in [3.63, 3.8) is 0 Å². The van der Waals surface area contributed by atoms with Gasteiger partial charge in [0.25, 0.3) is 5.91 Å². The molecule has 0 atom stereocenters. The minimum atomic E-state index is -0.179. The zero-order valence-electron chi connectivity index (χ0n) is 15.7. The van der Waals surface area contributed by atoms with Gasteiger partial charge >= 0.3 is 0 Å². The van der Waals surface area contributed by atoms with Crippen molar-refractivity contribution in [2.45, 2.75) is 45.8 Å². The minimum absolute atomic E-state index is 0.179. The number of oxazole rings is 1. The number of hydrogen-bond acceptors (Lipinski definition) is 5. The summed E-state index contributed by atoms with van der Waals surface area (Å²) >= 11 is 0. The number of amides is 1. The Hall–Kier alpha value is -2.34. The molecule has 0 aliphatic heterocycles. The van der Waals surface area contributed by atoms with E-state index < -0.39 is 0 Å². The average molecular weight is 357 g/mol. The second kappa shape index (κ2) is 8.36. The lowest BCUT2D eigenvalue weighted by Gasteiger charge is -2.20. The Morgan fingerprint density at radius 1 is 1.31 bits per heavy atom. The van der Waals surface area contributed by atoms with Gasteiger partial charge in [-0.1, -0.05) is 26.0 Å². The van der Waals surface area contributed by atoms with Crippen molar-refractivity contribution in [3.05, 3.63) is 47.7 Å². The summed E-state index contributed by atoms with van der Waals surface area (Å²) in [5, 5.41) is 2.86. The Bertz CT molecular complexity index is 720. The number of carbonyl (C=O) groups excluding carboxylic acids is 1. The van der Waals surface area contributed by atoms with E-state index in [-0.39, 0.29) is 5.91 Å². The van der Waals surface area contributed by atoms with Crippen LogP contribution in [0.25, 0.3) is 0 Å². The minimum Gasteiger partial charge on any atom is -0.497 e. The summed E-state index contributed by atoms with van der Waals surface area (Å²) < 4.78 is 10.8. The van der Waals surface area contributed by atoms with Gasteiger partial charge in [-0.2, -0.15) is 0 Å². The third-order valence-electron chi connectivity index (χ3n) is 4.40. The first-order chi connectivity index (χ1) is 12.5. The highest BCUT2D eigenvalue weighted by Gasteiger charge is 2.30. The number of nitrogens with zero attached hydrogens (tertiary/aromatic N) is 2. The maximum absolute atomic E-state index is 12.1. The van der Waals surface area contributed by atoms with E-state index in [2.05, 4.69) is 41.2 Å². The van der Waals surface area contributed by atoms with Crippen molar-refractivity contribution in [2.24, 2.45) is 5.92 Å². The Morgan fingerprint density at radius 3 is 2.65 bits per heavy atom. The number of rotatable bonds is 9. The van der Waals surface area contributed by atoms with Crippen molar-refractivity contribution >= 4 is 5.91 Å². The van der Waals surface area contributed by atoms with Crippen molar-refractivity contribution in [1.29, 1.82) is 0 Å². The summed E-state index contributed by atoms with van der Waals surface area (Å²) in [5.41, 5.74) is 1.57. The summed E-state index contributed by atoms with van der Waals surface area (Å²) in [6.07, 6.45) is 3.83. The largest absolute Gasteiger partial charge is 0.497 e. The third-order valence-corrected chi connectivity index (χ3v) is 4.40. The molecule has 0 unspecified atom stereocenters. The number of carbonyl (C=O) groups is 1. The molecular formula is C20H27N3O3. The summed E-state index contributed by atoms with van der Waals surface area (Å²) in [5.74, 6) is 1.67. The Balaban J connectivity index is 1.60. The summed E-state index contributed by atoms with van der Waals surface area (Å²) in [7, 11) is 1.67. The highest BCUT2D eigenvalue weighted by molar-refractivity contribution is 5.91. The van der Waals surface area contributed by atoms with Gasteiger partial charge in [0.1, 0.15) is 12.0 Å². The third kappa shape index (κ3) is 5.08. The lowest BCUT2D eigenvalue weighted by Crippen LogP contribution is -2.28. The summed E-state index contributed by atoms with van der Waals surface area (Å²) in [6, 6.07) is 8.66. The van der Waals surface area contributed by atoms with E-state index in [0.717, 1.165) is 12.3 Å². The van der Waals surface area contributed by atoms with Crippen molar-refractivity contribution in [1.82, 2.24) is 15.2 Å². The molecule has 0 saturated heterocycles. The van der Waals surface area contributed by atoms with E-state index in [1.807, 2.05) is 12.1 Å². The lowest BCUT2D eigenvalue weighted by molar-refractivity contribution is 0.0944. The maximum atomic E-state index is 12.1. The summed E-state index contributed by atoms with van der Waals surface area (Å²) in [4.78, 5) is 18.8. The number of ether oxygens (including phenoxy) is 1. The van der Waals surface area contributed by atoms with Crippen molar-refractivity contribution in [2.75, 3.05) is 13.7 Å². The Kier molecular flexibility index (Phi) is 5.93. The molecule has 0 radical (unpaired) electrons. The standard InChI is InChI=1S/C20H27N3O3/c1-14(2)10-21-20(24)18-13-26-19(22-18)12-23(16-6-7-16)11-15-4-8-17(25-3)9-5-15/h4-5,8-9,13-14,16H,6-7,10-12H2,1-3H3,(H,21,24). The zero-order valence-corrected chi connectivity index (χ0v) is 15.7. The predicted octanol–water partition coefficient (Wildman–Crippen LogP) is 3.23. The normalized spacial score (nSPS) is 14.0. The molecule has 1 saturated carbocycles. The van der Waals surface area contributed by atoms with Crippen LogP contribution < -0.4 is 10.1 Å². The van der Waals surface area contributed by atoms with Gasteiger partial charge in [-0.25, -0.2) is 4.98 Å². The molecule has 1 amide bonds. The number of methoxy groups -OCH3 is 1. The molecule has 6 nitrogen and oxygen atoms in total. The van der Waals surface area contributed by atoms with E-state index in [0.29, 0.717) is 36.6 Å². The molecule has 1 aliphatic rings. The molecule has 0 spiro atoms. The summed E-state index contributed by atoms with van der Waals surface area (Å²) in [6.45, 7) is 6.18. The van der Waals surface area contributed by atoms with Crippen LogP contribution in [0.5, 0.6) is 5.75 Å². The predicted molar refractivity (Wildman–Crippen MR) is 98.9 cm³/mol. The molecule has 3 rings (SSSR count). The van der Waals surface area contributed by atoms with Gasteiger partial charge in [0.05, 0.1) is 13.7 Å². The van der Waals surface area contributed by atoms with E-state index in [1.165, 1.54) is 24.7 Å². The smallest absolute Gasteiger partial charge is 0.273 e. The fraction of sp³-hybridized carbons (Fsp3) is 0.500. The van der Waals surface area contributed by atoms with Gasteiger partial charge < -0.3 is 14.5 Å². The molecule has 1 fully saturated rings. The molecule has 6 heteroatoms. The van der Waals surface area contributed by atoms with Crippen molar-refractivity contribution in [3.8, 4) is 5.75 Å². The highest BCUT2D eigenvalue weighted by Crippen LogP contribution is 2.30. The number of nitrogens with one attached hydrogen (secondary N) is 1. The van der Waals surface area contributed by atoms with Gasteiger partial charge in [0, 0.05) is 19.1 Å². The van der Waals surface area contributed by atoms with E-state index in [4.69, 9.17) is 9.15 Å². The van der Waals surface area contributed by atoms with Crippen LogP contribution in [0.1, 0.15) is 48.6 Å². The first-order valence-corrected chi connectivity index (χ1v) is 9.14. The van der Waals surface area contributed by atoms with Crippen LogP contribution in [-0.4, -0.2) is 35.5 Å². The van der Waals surface area contributed by atoms with E-state index in [1.54, 1.807) is 7.11 Å². The number of hydrogen-bond donors (Lipinski definition) is 1. The first-order valence-electron chi connectivity index (χ1n) is 9.14. The van der Waals surface area contributed by atoms with Crippen LogP contribution in [0, 0.1) is 5.92 Å². The maximum Gasteiger partial charge on any atom is 0.273 e. The Labute approximate surface area is 154 Å². The monoisotopic (exact) mass is 357 g/mol. The second-order valence-electron chi connectivity index (χ2n) is 7.21. The molecule has 1 heterocycles. The highest BCUT2D eigenvalue weighted by atomic mass is 16.5. The van der Waals surface area contributed by atoms with Gasteiger partial charge in [0.2, 0.25) is 5.89 Å². The quantitative estimate of drug-likeness (QED) is 0.746. The van der Waals surface area contributed by atoms with Gasteiger partial charge in [-0.3, -0.25) is 9.69 Å². The number of benzene rings is 1. The van der Waals surface area contributed by atoms with Crippen LogP contribution in [0.4, 0.5) is 0 Å². The molecule has 2 aromatic rings. The number of aromatic nitrogens is 1. The first kappa shape index (κ1) is 18.5. The van der Waals surface area contributed by atoms with Crippen LogP contribution in [0.3, 0.4) is 0 Å². The molecule has 1 aliphatic carbocycles. The van der Waals surface area contributed by atoms with Crippen molar-refractivity contribution < 1.29 is 13.9 Å². The fourth-order valence-corrected chi connectivity index (χ4v) is 2.77. The van der Waals surface area contributed by atoms with Crippen LogP contribution in [0.15, 0.2) is 34.9 Å². The molecule has 0 bridgehead atoms. The molecule has 1 aromatic heterocycles. The molecule has 1 aromatic carbocycles. The van der Waals surface area contributed by atoms with E-state index >= 15 is 0 Å². The van der Waals surface area contributed by atoms with Gasteiger partial charge in [-0.15, -0.1) is 0 Å². The average Bonchev–Trinajstić information content (AvgIpc) is 3.38. The van der Waals surface area contributed by atoms with Crippen LogP contribution in [0.2, 0.25) is 0 Å². The van der Waals surface area contributed by atoms with Crippen LogP contribution >= 0.6 is 0 Å². The SMILES string of the molecule is COc1ccc(CN(Cc2nc(C(=O)NCC(C)C)co2)C2CC2)cc1. The Morgan fingerprint density at radius 2 is 2.04 bits per heavy atom. The zero-order chi connectivity index (χ0) is 18.5. The van der Waals surface area contributed by atoms with E-state index in [9.17, 15) is 4.79 Å². The lowest BCUT2D eigenvalue weighted by atomic mass is 10.2. The molecular weight excluding hydrogens is 330 g/mol. The topological polar surface area (TPSA) is 67.6 Å². The van der Waals surface area contributed by atoms with Gasteiger partial charge in [-0.05, 0) is 36.5 Å². The molecule has 140 valence electrons.